The molecule has 0 fully saturated rings. The summed E-state index contributed by atoms with van der Waals surface area (Å²) in [5.41, 5.74) is 0.809. The first-order valence-corrected chi connectivity index (χ1v) is 7.13. The lowest BCUT2D eigenvalue weighted by Gasteiger charge is -2.17. The largest absolute Gasteiger partial charge is 0.508 e. The van der Waals surface area contributed by atoms with Crippen molar-refractivity contribution in [3.63, 3.8) is 0 Å². The average molecular weight is 293 g/mol. The monoisotopic (exact) mass is 293 g/mol. The average Bonchev–Trinajstić information content (AvgIpc) is 2.37. The van der Waals surface area contributed by atoms with E-state index in [1.54, 1.807) is 12.1 Å². The summed E-state index contributed by atoms with van der Waals surface area (Å²) in [5.74, 6) is -0.472. The predicted octanol–water partition coefficient (Wildman–Crippen LogP) is 2.19. The highest BCUT2D eigenvalue weighted by atomic mass is 16.4. The number of hydrogen-bond acceptors (Lipinski definition) is 3. The summed E-state index contributed by atoms with van der Waals surface area (Å²) in [4.78, 5) is 22.7. The standard InChI is InChI=1S/C16H23NO4/c1-11(2)7-13(9-16(20)21)10-17-15(19)8-12-3-5-14(18)6-4-12/h3-6,11,13,18H,7-10H2,1-2H3,(H,17,19)(H,20,21)/t13-/m0/s1. The van der Waals surface area contributed by atoms with Crippen molar-refractivity contribution >= 4 is 11.9 Å². The first kappa shape index (κ1) is 17.0. The van der Waals surface area contributed by atoms with Crippen LogP contribution in [-0.2, 0) is 16.0 Å². The molecule has 0 aliphatic carbocycles. The molecule has 0 aliphatic heterocycles. The van der Waals surface area contributed by atoms with Crippen molar-refractivity contribution in [2.45, 2.75) is 33.1 Å². The summed E-state index contributed by atoms with van der Waals surface area (Å²) in [6, 6.07) is 6.46. The van der Waals surface area contributed by atoms with Gasteiger partial charge in [-0.3, -0.25) is 9.59 Å². The summed E-state index contributed by atoms with van der Waals surface area (Å²) in [6.45, 7) is 4.45. The third kappa shape index (κ3) is 7.34. The first-order valence-electron chi connectivity index (χ1n) is 7.13. The highest BCUT2D eigenvalue weighted by Gasteiger charge is 2.16. The Balaban J connectivity index is 2.44. The number of carbonyl (C=O) groups is 2. The molecular formula is C16H23NO4. The van der Waals surface area contributed by atoms with E-state index in [2.05, 4.69) is 5.32 Å². The van der Waals surface area contributed by atoms with Gasteiger partial charge in [0.2, 0.25) is 5.91 Å². The molecule has 1 atom stereocenters. The van der Waals surface area contributed by atoms with E-state index in [0.717, 1.165) is 12.0 Å². The number of carboxylic acid groups (broad SMARTS) is 1. The van der Waals surface area contributed by atoms with Crippen LogP contribution < -0.4 is 5.32 Å². The summed E-state index contributed by atoms with van der Waals surface area (Å²) in [5, 5.41) is 20.9. The number of phenolic OH excluding ortho intramolecular Hbond substituents is 1. The number of carbonyl (C=O) groups excluding carboxylic acids is 1. The van der Waals surface area contributed by atoms with Gasteiger partial charge in [-0.05, 0) is 36.0 Å². The predicted molar refractivity (Wildman–Crippen MR) is 80.0 cm³/mol. The van der Waals surface area contributed by atoms with Gasteiger partial charge in [-0.2, -0.15) is 0 Å². The number of nitrogens with one attached hydrogen (secondary N) is 1. The van der Waals surface area contributed by atoms with E-state index in [0.29, 0.717) is 12.5 Å². The fourth-order valence-electron chi connectivity index (χ4n) is 2.27. The van der Waals surface area contributed by atoms with Crippen LogP contribution in [0.1, 0.15) is 32.3 Å². The number of benzene rings is 1. The molecule has 116 valence electrons. The van der Waals surface area contributed by atoms with Crippen molar-refractivity contribution in [1.82, 2.24) is 5.32 Å². The second-order valence-electron chi connectivity index (χ2n) is 5.74. The van der Waals surface area contributed by atoms with Gasteiger partial charge in [-0.1, -0.05) is 26.0 Å². The molecule has 1 rings (SSSR count). The molecule has 1 aromatic carbocycles. The zero-order valence-corrected chi connectivity index (χ0v) is 12.5. The molecule has 0 heterocycles. The Morgan fingerprint density at radius 1 is 1.19 bits per heavy atom. The van der Waals surface area contributed by atoms with E-state index in [1.807, 2.05) is 13.8 Å². The molecule has 0 unspecified atom stereocenters. The number of aliphatic carboxylic acids is 1. The van der Waals surface area contributed by atoms with Crippen LogP contribution in [0.2, 0.25) is 0 Å². The number of hydrogen-bond donors (Lipinski definition) is 3. The fourth-order valence-corrected chi connectivity index (χ4v) is 2.27. The lowest BCUT2D eigenvalue weighted by Crippen LogP contribution is -2.32. The van der Waals surface area contributed by atoms with Crippen LogP contribution in [0.4, 0.5) is 0 Å². The quantitative estimate of drug-likeness (QED) is 0.685. The van der Waals surface area contributed by atoms with E-state index in [1.165, 1.54) is 12.1 Å². The molecule has 0 saturated carbocycles. The summed E-state index contributed by atoms with van der Waals surface area (Å²) >= 11 is 0. The molecule has 3 N–H and O–H groups in total. The number of amides is 1. The van der Waals surface area contributed by atoms with Gasteiger partial charge < -0.3 is 15.5 Å². The Morgan fingerprint density at radius 2 is 1.81 bits per heavy atom. The van der Waals surface area contributed by atoms with Crippen LogP contribution in [0.3, 0.4) is 0 Å². The SMILES string of the molecule is CC(C)C[C@H](CNC(=O)Cc1ccc(O)cc1)CC(=O)O. The third-order valence-corrected chi connectivity index (χ3v) is 3.16. The molecular weight excluding hydrogens is 270 g/mol. The summed E-state index contributed by atoms with van der Waals surface area (Å²) in [6.07, 6.45) is 1.06. The van der Waals surface area contributed by atoms with Crippen molar-refractivity contribution in [2.75, 3.05) is 6.54 Å². The lowest BCUT2D eigenvalue weighted by molar-refractivity contribution is -0.138. The topological polar surface area (TPSA) is 86.6 Å². The minimum absolute atomic E-state index is 0.0498. The minimum Gasteiger partial charge on any atom is -0.508 e. The van der Waals surface area contributed by atoms with Gasteiger partial charge in [0.25, 0.3) is 0 Å². The zero-order chi connectivity index (χ0) is 15.8. The van der Waals surface area contributed by atoms with Gasteiger partial charge in [0.05, 0.1) is 6.42 Å². The number of phenols is 1. The van der Waals surface area contributed by atoms with Crippen LogP contribution in [0.5, 0.6) is 5.75 Å². The maximum atomic E-state index is 11.9. The minimum atomic E-state index is -0.839. The third-order valence-electron chi connectivity index (χ3n) is 3.16. The second-order valence-corrected chi connectivity index (χ2v) is 5.74. The Kier molecular flexibility index (Phi) is 6.72. The van der Waals surface area contributed by atoms with Gasteiger partial charge in [-0.15, -0.1) is 0 Å². The van der Waals surface area contributed by atoms with Crippen molar-refractivity contribution in [3.05, 3.63) is 29.8 Å². The highest BCUT2D eigenvalue weighted by molar-refractivity contribution is 5.78. The molecule has 0 aliphatic rings. The van der Waals surface area contributed by atoms with Gasteiger partial charge in [-0.25, -0.2) is 0 Å². The second kappa shape index (κ2) is 8.29. The van der Waals surface area contributed by atoms with Gasteiger partial charge in [0.15, 0.2) is 0 Å². The molecule has 0 aromatic heterocycles. The van der Waals surface area contributed by atoms with Crippen molar-refractivity contribution in [3.8, 4) is 5.75 Å². The number of carboxylic acids is 1. The van der Waals surface area contributed by atoms with Crippen LogP contribution >= 0.6 is 0 Å². The fraction of sp³-hybridized carbons (Fsp3) is 0.500. The van der Waals surface area contributed by atoms with Crippen LogP contribution in [0, 0.1) is 11.8 Å². The Bertz CT molecular complexity index is 468. The van der Waals surface area contributed by atoms with E-state index in [9.17, 15) is 14.7 Å². The summed E-state index contributed by atoms with van der Waals surface area (Å²) in [7, 11) is 0. The Morgan fingerprint density at radius 3 is 2.33 bits per heavy atom. The maximum Gasteiger partial charge on any atom is 0.303 e. The van der Waals surface area contributed by atoms with Gasteiger partial charge in [0.1, 0.15) is 5.75 Å². The maximum absolute atomic E-state index is 11.9. The van der Waals surface area contributed by atoms with Crippen LogP contribution in [0.25, 0.3) is 0 Å². The molecule has 0 bridgehead atoms. The van der Waals surface area contributed by atoms with E-state index in [4.69, 9.17) is 5.11 Å². The van der Waals surface area contributed by atoms with Crippen molar-refractivity contribution in [1.29, 1.82) is 0 Å². The number of aromatic hydroxyl groups is 1. The molecule has 21 heavy (non-hydrogen) atoms. The van der Waals surface area contributed by atoms with Crippen LogP contribution in [0.15, 0.2) is 24.3 Å². The molecule has 5 nitrogen and oxygen atoms in total. The highest BCUT2D eigenvalue weighted by Crippen LogP contribution is 2.15. The molecule has 1 amide bonds. The Labute approximate surface area is 125 Å². The molecule has 0 radical (unpaired) electrons. The zero-order valence-electron chi connectivity index (χ0n) is 12.5. The lowest BCUT2D eigenvalue weighted by atomic mass is 9.94. The van der Waals surface area contributed by atoms with E-state index >= 15 is 0 Å². The van der Waals surface area contributed by atoms with Gasteiger partial charge in [0, 0.05) is 13.0 Å². The van der Waals surface area contributed by atoms with Crippen molar-refractivity contribution in [2.24, 2.45) is 11.8 Å². The first-order chi connectivity index (χ1) is 9.86. The molecule has 5 heteroatoms. The smallest absolute Gasteiger partial charge is 0.303 e. The molecule has 0 saturated heterocycles. The van der Waals surface area contributed by atoms with E-state index < -0.39 is 5.97 Å². The summed E-state index contributed by atoms with van der Waals surface area (Å²) < 4.78 is 0. The van der Waals surface area contributed by atoms with Gasteiger partial charge >= 0.3 is 5.97 Å². The van der Waals surface area contributed by atoms with Crippen LogP contribution in [-0.4, -0.2) is 28.6 Å². The van der Waals surface area contributed by atoms with Crippen molar-refractivity contribution < 1.29 is 19.8 Å². The normalized spacial score (nSPS) is 12.1. The Hall–Kier alpha value is -2.04. The molecule has 0 spiro atoms. The van der Waals surface area contributed by atoms with E-state index in [-0.39, 0.29) is 30.4 Å². The number of rotatable bonds is 8. The molecule has 1 aromatic rings.